The first-order chi connectivity index (χ1) is 13.9. The van der Waals surface area contributed by atoms with Gasteiger partial charge in [0.2, 0.25) is 11.8 Å². The van der Waals surface area contributed by atoms with Gasteiger partial charge in [0.15, 0.2) is 0 Å². The van der Waals surface area contributed by atoms with Crippen molar-refractivity contribution in [2.24, 2.45) is 0 Å². The molecule has 0 bridgehead atoms. The minimum atomic E-state index is -0.588. The van der Waals surface area contributed by atoms with Gasteiger partial charge in [0.1, 0.15) is 17.9 Å². The predicted molar refractivity (Wildman–Crippen MR) is 107 cm³/mol. The van der Waals surface area contributed by atoms with Crippen LogP contribution in [0.5, 0.6) is 5.75 Å². The Morgan fingerprint density at radius 3 is 2.69 bits per heavy atom. The molecule has 0 spiro atoms. The third-order valence-corrected chi connectivity index (χ3v) is 6.03. The number of imide groups is 1. The van der Waals surface area contributed by atoms with Crippen molar-refractivity contribution in [2.75, 3.05) is 0 Å². The lowest BCUT2D eigenvalue weighted by Gasteiger charge is -2.34. The van der Waals surface area contributed by atoms with Crippen LogP contribution in [0, 0.1) is 0 Å². The topological polar surface area (TPSA) is 87.7 Å². The van der Waals surface area contributed by atoms with Gasteiger partial charge in [0.25, 0.3) is 5.91 Å². The van der Waals surface area contributed by atoms with Gasteiger partial charge in [-0.25, -0.2) is 0 Å². The summed E-state index contributed by atoms with van der Waals surface area (Å²) in [5.41, 5.74) is 1.49. The zero-order valence-corrected chi connectivity index (χ0v) is 17.1. The van der Waals surface area contributed by atoms with Crippen LogP contribution in [0.3, 0.4) is 0 Å². The molecule has 0 radical (unpaired) electrons. The van der Waals surface area contributed by atoms with Gasteiger partial charge >= 0.3 is 0 Å². The highest BCUT2D eigenvalue weighted by atomic mass is 16.5. The number of carbonyl (C=O) groups is 3. The molecule has 156 valence electrons. The van der Waals surface area contributed by atoms with Crippen molar-refractivity contribution in [3.05, 3.63) is 29.3 Å². The number of piperidine rings is 1. The zero-order valence-electron chi connectivity index (χ0n) is 17.1. The summed E-state index contributed by atoms with van der Waals surface area (Å²) in [5, 5.41) is 5.95. The molecule has 2 aliphatic heterocycles. The quantitative estimate of drug-likeness (QED) is 0.741. The summed E-state index contributed by atoms with van der Waals surface area (Å²) < 4.78 is 6.33. The number of nitrogens with zero attached hydrogens (tertiary/aromatic N) is 1. The Bertz CT molecular complexity index is 822. The van der Waals surface area contributed by atoms with E-state index in [9.17, 15) is 14.4 Å². The highest BCUT2D eigenvalue weighted by Crippen LogP contribution is 2.32. The van der Waals surface area contributed by atoms with Crippen molar-refractivity contribution in [2.45, 2.75) is 83.1 Å². The van der Waals surface area contributed by atoms with Crippen molar-refractivity contribution < 1.29 is 19.1 Å². The van der Waals surface area contributed by atoms with Crippen LogP contribution in [-0.4, -0.2) is 46.9 Å². The molecule has 4 rings (SSSR count). The third-order valence-electron chi connectivity index (χ3n) is 6.03. The first-order valence-electron chi connectivity index (χ1n) is 10.6. The van der Waals surface area contributed by atoms with E-state index in [1.165, 1.54) is 6.42 Å². The van der Waals surface area contributed by atoms with Crippen LogP contribution < -0.4 is 15.4 Å². The molecule has 1 saturated carbocycles. The first kappa shape index (κ1) is 19.9. The number of ether oxygens (including phenoxy) is 1. The molecular formula is C22H29N3O4. The summed E-state index contributed by atoms with van der Waals surface area (Å²) in [6.07, 6.45) is 5.25. The molecule has 3 atom stereocenters. The molecular weight excluding hydrogens is 370 g/mol. The maximum atomic E-state index is 12.8. The van der Waals surface area contributed by atoms with Gasteiger partial charge < -0.3 is 15.0 Å². The lowest BCUT2D eigenvalue weighted by atomic mass is 9.92. The maximum absolute atomic E-state index is 12.8. The number of nitrogens with one attached hydrogen (secondary N) is 2. The second-order valence-corrected chi connectivity index (χ2v) is 8.59. The van der Waals surface area contributed by atoms with Crippen molar-refractivity contribution in [3.63, 3.8) is 0 Å². The van der Waals surface area contributed by atoms with E-state index in [0.717, 1.165) is 30.6 Å². The summed E-state index contributed by atoms with van der Waals surface area (Å²) in [7, 11) is 0. The number of benzene rings is 1. The molecule has 2 heterocycles. The molecule has 1 saturated heterocycles. The fourth-order valence-corrected chi connectivity index (χ4v) is 4.66. The van der Waals surface area contributed by atoms with Gasteiger partial charge in [0.05, 0.1) is 0 Å². The summed E-state index contributed by atoms with van der Waals surface area (Å²) in [5.74, 6) is -0.0472. The molecule has 7 nitrogen and oxygen atoms in total. The van der Waals surface area contributed by atoms with Crippen molar-refractivity contribution in [1.82, 2.24) is 15.5 Å². The fraction of sp³-hybridized carbons (Fsp3) is 0.591. The highest BCUT2D eigenvalue weighted by molar-refractivity contribution is 6.05. The third kappa shape index (κ3) is 4.15. The SMILES string of the molecule is CC(C)N[C@@H]1CCCC[C@H]1Oc1ccc2c(c1)CN(C1CCC(=O)NC1=O)C2=O. The molecule has 1 unspecified atom stereocenters. The monoisotopic (exact) mass is 399 g/mol. The fourth-order valence-electron chi connectivity index (χ4n) is 4.66. The highest BCUT2D eigenvalue weighted by Gasteiger charge is 2.39. The average Bonchev–Trinajstić information content (AvgIpc) is 2.99. The lowest BCUT2D eigenvalue weighted by molar-refractivity contribution is -0.136. The van der Waals surface area contributed by atoms with Crippen LogP contribution in [0.15, 0.2) is 18.2 Å². The number of carbonyl (C=O) groups excluding carboxylic acids is 3. The number of rotatable bonds is 5. The summed E-state index contributed by atoms with van der Waals surface area (Å²) in [6, 6.07) is 5.73. The van der Waals surface area contributed by atoms with E-state index >= 15 is 0 Å². The molecule has 1 aromatic rings. The van der Waals surface area contributed by atoms with Crippen LogP contribution in [0.25, 0.3) is 0 Å². The van der Waals surface area contributed by atoms with E-state index < -0.39 is 6.04 Å². The van der Waals surface area contributed by atoms with E-state index in [0.29, 0.717) is 30.6 Å². The van der Waals surface area contributed by atoms with E-state index in [-0.39, 0.29) is 30.2 Å². The Morgan fingerprint density at radius 1 is 1.14 bits per heavy atom. The van der Waals surface area contributed by atoms with Gasteiger partial charge in [-0.2, -0.15) is 0 Å². The Morgan fingerprint density at radius 2 is 1.93 bits per heavy atom. The summed E-state index contributed by atoms with van der Waals surface area (Å²) >= 11 is 0. The van der Waals surface area contributed by atoms with Gasteiger partial charge in [-0.1, -0.05) is 20.3 Å². The first-order valence-corrected chi connectivity index (χ1v) is 10.6. The standard InChI is InChI=1S/C22H29N3O4/c1-13(2)23-17-5-3-4-6-19(17)29-15-7-8-16-14(11-15)12-25(22(16)28)18-9-10-20(26)24-21(18)27/h7-8,11,13,17-19,23H,3-6,9-10,12H2,1-2H3,(H,24,26,27)/t17-,18?,19-/m1/s1. The molecule has 1 aliphatic carbocycles. The molecule has 1 aromatic carbocycles. The average molecular weight is 399 g/mol. The van der Waals surface area contributed by atoms with Crippen LogP contribution in [0.2, 0.25) is 0 Å². The molecule has 7 heteroatoms. The van der Waals surface area contributed by atoms with Gasteiger partial charge in [-0.3, -0.25) is 19.7 Å². The second kappa shape index (κ2) is 8.14. The lowest BCUT2D eigenvalue weighted by Crippen LogP contribution is -2.52. The van der Waals surface area contributed by atoms with Crippen LogP contribution in [0.1, 0.15) is 68.3 Å². The van der Waals surface area contributed by atoms with E-state index in [1.54, 1.807) is 11.0 Å². The van der Waals surface area contributed by atoms with E-state index in [4.69, 9.17) is 4.74 Å². The maximum Gasteiger partial charge on any atom is 0.255 e. The number of hydrogen-bond acceptors (Lipinski definition) is 5. The molecule has 2 fully saturated rings. The Hall–Kier alpha value is -2.41. The van der Waals surface area contributed by atoms with E-state index in [2.05, 4.69) is 24.5 Å². The summed E-state index contributed by atoms with van der Waals surface area (Å²) in [6.45, 7) is 4.67. The van der Waals surface area contributed by atoms with Gasteiger partial charge in [-0.05, 0) is 49.4 Å². The van der Waals surface area contributed by atoms with Crippen LogP contribution in [0.4, 0.5) is 0 Å². The Labute approximate surface area is 171 Å². The van der Waals surface area contributed by atoms with Crippen molar-refractivity contribution in [3.8, 4) is 5.75 Å². The second-order valence-electron chi connectivity index (χ2n) is 8.59. The largest absolute Gasteiger partial charge is 0.489 e. The number of fused-ring (bicyclic) bond motifs is 1. The van der Waals surface area contributed by atoms with E-state index in [1.807, 2.05) is 12.1 Å². The minimum Gasteiger partial charge on any atom is -0.489 e. The van der Waals surface area contributed by atoms with Gasteiger partial charge in [-0.15, -0.1) is 0 Å². The van der Waals surface area contributed by atoms with Gasteiger partial charge in [0, 0.05) is 30.6 Å². The molecule has 0 aromatic heterocycles. The normalized spacial score (nSPS) is 27.2. The van der Waals surface area contributed by atoms with Crippen molar-refractivity contribution in [1.29, 1.82) is 0 Å². The molecule has 2 N–H and O–H groups in total. The Balaban J connectivity index is 1.47. The van der Waals surface area contributed by atoms with Crippen LogP contribution in [-0.2, 0) is 16.1 Å². The summed E-state index contributed by atoms with van der Waals surface area (Å²) in [4.78, 5) is 38.0. The molecule has 3 amide bonds. The minimum absolute atomic E-state index is 0.118. The predicted octanol–water partition coefficient (Wildman–Crippen LogP) is 2.14. The molecule has 3 aliphatic rings. The molecule has 29 heavy (non-hydrogen) atoms. The zero-order chi connectivity index (χ0) is 20.5. The van der Waals surface area contributed by atoms with Crippen molar-refractivity contribution >= 4 is 17.7 Å². The smallest absolute Gasteiger partial charge is 0.255 e. The number of amides is 3. The Kier molecular flexibility index (Phi) is 5.58. The van der Waals surface area contributed by atoms with Crippen LogP contribution >= 0.6 is 0 Å². The number of hydrogen-bond donors (Lipinski definition) is 2.